The molecule has 2 heterocycles. The fourth-order valence-corrected chi connectivity index (χ4v) is 3.78. The Labute approximate surface area is 122 Å². The van der Waals surface area contributed by atoms with E-state index in [0.29, 0.717) is 18.1 Å². The lowest BCUT2D eigenvalue weighted by molar-refractivity contribution is 0.465. The lowest BCUT2D eigenvalue weighted by Gasteiger charge is -2.03. The summed E-state index contributed by atoms with van der Waals surface area (Å²) in [4.78, 5) is 5.36. The molecule has 0 saturated heterocycles. The first kappa shape index (κ1) is 15.2. The van der Waals surface area contributed by atoms with Crippen molar-refractivity contribution < 1.29 is 12.8 Å². The number of thiazole rings is 1. The van der Waals surface area contributed by atoms with E-state index in [-0.39, 0.29) is 11.4 Å². The molecule has 0 saturated carbocycles. The third kappa shape index (κ3) is 3.45. The van der Waals surface area contributed by atoms with Gasteiger partial charge in [0.1, 0.15) is 21.4 Å². The molecule has 0 aliphatic rings. The molecule has 8 heteroatoms. The summed E-state index contributed by atoms with van der Waals surface area (Å²) in [6.45, 7) is 4.25. The molecule has 2 aromatic rings. The summed E-state index contributed by atoms with van der Waals surface area (Å²) in [5.41, 5.74) is 0. The summed E-state index contributed by atoms with van der Waals surface area (Å²) in [5.74, 6) is 0.980. The fourth-order valence-electron chi connectivity index (χ4n) is 1.77. The first-order valence-corrected chi connectivity index (χ1v) is 8.37. The highest BCUT2D eigenvalue weighted by Crippen LogP contribution is 2.20. The van der Waals surface area contributed by atoms with Crippen LogP contribution >= 0.6 is 11.3 Å². The van der Waals surface area contributed by atoms with Gasteiger partial charge in [-0.25, -0.2) is 18.1 Å². The second kappa shape index (κ2) is 6.04. The quantitative estimate of drug-likeness (QED) is 0.845. The smallest absolute Gasteiger partial charge is 0.244 e. The maximum absolute atomic E-state index is 12.2. The molecule has 6 nitrogen and oxygen atoms in total. The average Bonchev–Trinajstić information content (AvgIpc) is 2.94. The van der Waals surface area contributed by atoms with Crippen molar-refractivity contribution in [2.75, 3.05) is 7.05 Å². The van der Waals surface area contributed by atoms with Crippen molar-refractivity contribution in [2.45, 2.75) is 31.8 Å². The monoisotopic (exact) mass is 315 g/mol. The van der Waals surface area contributed by atoms with Crippen LogP contribution in [-0.4, -0.2) is 20.4 Å². The lowest BCUT2D eigenvalue weighted by Crippen LogP contribution is -2.23. The first-order valence-electron chi connectivity index (χ1n) is 6.07. The molecule has 0 aliphatic heterocycles. The van der Waals surface area contributed by atoms with Gasteiger partial charge in [-0.3, -0.25) is 0 Å². The van der Waals surface area contributed by atoms with Gasteiger partial charge in [0.05, 0.1) is 13.1 Å². The Morgan fingerprint density at radius 2 is 2.10 bits per heavy atom. The molecule has 2 rings (SSSR count). The molecule has 0 amide bonds. The van der Waals surface area contributed by atoms with Crippen LogP contribution in [0.4, 0.5) is 0 Å². The van der Waals surface area contributed by atoms with Gasteiger partial charge in [0.25, 0.3) is 0 Å². The molecule has 2 aromatic heterocycles. The van der Waals surface area contributed by atoms with Gasteiger partial charge in [-0.1, -0.05) is 0 Å². The minimum atomic E-state index is -3.58. The van der Waals surface area contributed by atoms with Gasteiger partial charge in [-0.05, 0) is 20.9 Å². The van der Waals surface area contributed by atoms with E-state index in [9.17, 15) is 8.42 Å². The largest absolute Gasteiger partial charge is 0.464 e. The Bertz CT molecular complexity index is 689. The van der Waals surface area contributed by atoms with Gasteiger partial charge in [-0.2, -0.15) is 0 Å². The molecular formula is C12H17N3O3S2. The number of nitrogens with zero attached hydrogens (tertiary/aromatic N) is 1. The van der Waals surface area contributed by atoms with Crippen molar-refractivity contribution in [1.82, 2.24) is 15.0 Å². The molecule has 110 valence electrons. The second-order valence-corrected chi connectivity index (χ2v) is 7.41. The Kier molecular flexibility index (Phi) is 4.59. The van der Waals surface area contributed by atoms with E-state index in [1.807, 2.05) is 6.92 Å². The van der Waals surface area contributed by atoms with Gasteiger partial charge in [-0.15, -0.1) is 11.3 Å². The highest BCUT2D eigenvalue weighted by molar-refractivity contribution is 7.89. The van der Waals surface area contributed by atoms with Crippen molar-refractivity contribution in [3.63, 3.8) is 0 Å². The van der Waals surface area contributed by atoms with Crippen molar-refractivity contribution in [2.24, 2.45) is 0 Å². The second-order valence-electron chi connectivity index (χ2n) is 4.35. The van der Waals surface area contributed by atoms with Crippen molar-refractivity contribution in [3.8, 4) is 0 Å². The predicted molar refractivity (Wildman–Crippen MR) is 77.1 cm³/mol. The summed E-state index contributed by atoms with van der Waals surface area (Å²) in [5, 5.41) is 3.66. The van der Waals surface area contributed by atoms with Crippen LogP contribution in [0.1, 0.15) is 21.4 Å². The van der Waals surface area contributed by atoms with Gasteiger partial charge < -0.3 is 9.73 Å². The van der Waals surface area contributed by atoms with Crippen LogP contribution in [0.3, 0.4) is 0 Å². The van der Waals surface area contributed by atoms with Crippen molar-refractivity contribution >= 4 is 21.4 Å². The average molecular weight is 315 g/mol. The minimum Gasteiger partial charge on any atom is -0.464 e. The van der Waals surface area contributed by atoms with Crippen LogP contribution in [0.25, 0.3) is 0 Å². The van der Waals surface area contributed by atoms with E-state index in [1.54, 1.807) is 26.2 Å². The number of rotatable bonds is 6. The normalized spacial score (nSPS) is 11.9. The maximum atomic E-state index is 12.2. The molecular weight excluding hydrogens is 298 g/mol. The van der Waals surface area contributed by atoms with Crippen LogP contribution < -0.4 is 10.0 Å². The van der Waals surface area contributed by atoms with Gasteiger partial charge in [0, 0.05) is 17.1 Å². The molecule has 0 atom stereocenters. The third-order valence-electron chi connectivity index (χ3n) is 2.65. The number of furan rings is 1. The molecule has 0 fully saturated rings. The Balaban J connectivity index is 2.13. The van der Waals surface area contributed by atoms with Gasteiger partial charge in [0.15, 0.2) is 0 Å². The number of hydrogen-bond donors (Lipinski definition) is 2. The van der Waals surface area contributed by atoms with Crippen molar-refractivity contribution in [3.05, 3.63) is 33.7 Å². The van der Waals surface area contributed by atoms with Crippen LogP contribution in [0.15, 0.2) is 21.6 Å². The zero-order valence-corrected chi connectivity index (χ0v) is 13.2. The number of sulfonamides is 1. The Morgan fingerprint density at radius 1 is 1.35 bits per heavy atom. The fraction of sp³-hybridized carbons (Fsp3) is 0.417. The molecule has 0 spiro atoms. The Hall–Kier alpha value is -1.22. The zero-order chi connectivity index (χ0) is 14.8. The molecule has 2 N–H and O–H groups in total. The minimum absolute atomic E-state index is 0.177. The summed E-state index contributed by atoms with van der Waals surface area (Å²) in [7, 11) is -1.81. The van der Waals surface area contributed by atoms with E-state index in [0.717, 1.165) is 9.88 Å². The highest BCUT2D eigenvalue weighted by atomic mass is 32.2. The highest BCUT2D eigenvalue weighted by Gasteiger charge is 2.21. The molecule has 0 unspecified atom stereocenters. The van der Waals surface area contributed by atoms with Gasteiger partial charge in [0.2, 0.25) is 10.0 Å². The maximum Gasteiger partial charge on any atom is 0.244 e. The van der Waals surface area contributed by atoms with Crippen LogP contribution in [0, 0.1) is 13.8 Å². The predicted octanol–water partition coefficient (Wildman–Crippen LogP) is 1.55. The number of aromatic nitrogens is 1. The van der Waals surface area contributed by atoms with Crippen LogP contribution in [0.5, 0.6) is 0 Å². The van der Waals surface area contributed by atoms with Crippen LogP contribution in [-0.2, 0) is 23.1 Å². The summed E-state index contributed by atoms with van der Waals surface area (Å²) in [6, 6.07) is 1.54. The number of aryl methyl sites for hydroxylation is 2. The molecule has 0 aliphatic carbocycles. The SMILES string of the molecule is CNCc1cc(S(=O)(=O)NCc2ncc(C)s2)c(C)o1. The summed E-state index contributed by atoms with van der Waals surface area (Å²) in [6.07, 6.45) is 1.72. The topological polar surface area (TPSA) is 84.2 Å². The molecule has 0 aromatic carbocycles. The van der Waals surface area contributed by atoms with Crippen LogP contribution in [0.2, 0.25) is 0 Å². The van der Waals surface area contributed by atoms with E-state index in [4.69, 9.17) is 4.42 Å². The molecule has 0 radical (unpaired) electrons. The van der Waals surface area contributed by atoms with E-state index in [2.05, 4.69) is 15.0 Å². The van der Waals surface area contributed by atoms with Gasteiger partial charge >= 0.3 is 0 Å². The zero-order valence-electron chi connectivity index (χ0n) is 11.6. The first-order chi connectivity index (χ1) is 9.42. The summed E-state index contributed by atoms with van der Waals surface area (Å²) < 4.78 is 32.4. The van der Waals surface area contributed by atoms with E-state index >= 15 is 0 Å². The van der Waals surface area contributed by atoms with E-state index in [1.165, 1.54) is 11.3 Å². The van der Waals surface area contributed by atoms with Crippen molar-refractivity contribution in [1.29, 1.82) is 0 Å². The Morgan fingerprint density at radius 3 is 2.70 bits per heavy atom. The summed E-state index contributed by atoms with van der Waals surface area (Å²) >= 11 is 1.47. The lowest BCUT2D eigenvalue weighted by atomic mass is 10.4. The standard InChI is InChI=1S/C12H17N3O3S2/c1-8-5-14-12(19-8)7-15-20(16,17)11-4-10(6-13-3)18-9(11)2/h4-5,13,15H,6-7H2,1-3H3. The van der Waals surface area contributed by atoms with E-state index < -0.39 is 10.0 Å². The molecule has 0 bridgehead atoms. The third-order valence-corrected chi connectivity index (χ3v) is 5.07. The number of hydrogen-bond acceptors (Lipinski definition) is 6. The molecule has 20 heavy (non-hydrogen) atoms. The number of nitrogens with one attached hydrogen (secondary N) is 2.